The van der Waals surface area contributed by atoms with Gasteiger partial charge in [0.1, 0.15) is 10.7 Å². The van der Waals surface area contributed by atoms with Crippen LogP contribution in [0, 0.1) is 6.92 Å². The van der Waals surface area contributed by atoms with E-state index in [4.69, 9.17) is 4.74 Å². The third kappa shape index (κ3) is 5.17. The summed E-state index contributed by atoms with van der Waals surface area (Å²) >= 11 is 3.38. The SMILES string of the molecule is Cc1ccc(CNC(=O)c2cccc(C(C)Oc3cccnc3Br)c2)cc1. The molecule has 0 aliphatic heterocycles. The van der Waals surface area contributed by atoms with Gasteiger partial charge < -0.3 is 10.1 Å². The molecule has 1 N–H and O–H groups in total. The normalized spacial score (nSPS) is 11.7. The number of pyridine rings is 1. The Balaban J connectivity index is 1.66. The molecule has 5 heteroatoms. The molecule has 0 saturated carbocycles. The molecule has 0 bridgehead atoms. The summed E-state index contributed by atoms with van der Waals surface area (Å²) in [6.45, 7) is 4.49. The minimum absolute atomic E-state index is 0.104. The Hall–Kier alpha value is -2.66. The molecule has 0 fully saturated rings. The number of hydrogen-bond donors (Lipinski definition) is 1. The first-order valence-corrected chi connectivity index (χ1v) is 9.53. The standard InChI is InChI=1S/C22H21BrN2O2/c1-15-8-10-17(11-9-15)14-25-22(26)19-6-3-5-18(13-19)16(2)27-20-7-4-12-24-21(20)23/h3-13,16H,14H2,1-2H3,(H,25,26). The van der Waals surface area contributed by atoms with Crippen LogP contribution in [0.1, 0.15) is 40.1 Å². The number of nitrogens with one attached hydrogen (secondary N) is 1. The maximum absolute atomic E-state index is 12.5. The van der Waals surface area contributed by atoms with Crippen molar-refractivity contribution in [3.63, 3.8) is 0 Å². The van der Waals surface area contributed by atoms with Crippen LogP contribution >= 0.6 is 15.9 Å². The zero-order chi connectivity index (χ0) is 19.2. The number of rotatable bonds is 6. The van der Waals surface area contributed by atoms with Crippen LogP contribution in [0.4, 0.5) is 0 Å². The molecular weight excluding hydrogens is 404 g/mol. The summed E-state index contributed by atoms with van der Waals surface area (Å²) in [5, 5.41) is 2.96. The van der Waals surface area contributed by atoms with Crippen molar-refractivity contribution in [1.82, 2.24) is 10.3 Å². The zero-order valence-corrected chi connectivity index (χ0v) is 16.9. The van der Waals surface area contributed by atoms with E-state index in [0.717, 1.165) is 11.1 Å². The smallest absolute Gasteiger partial charge is 0.251 e. The van der Waals surface area contributed by atoms with Gasteiger partial charge in [-0.3, -0.25) is 4.79 Å². The van der Waals surface area contributed by atoms with Gasteiger partial charge in [-0.25, -0.2) is 4.98 Å². The second kappa shape index (κ2) is 8.82. The summed E-state index contributed by atoms with van der Waals surface area (Å²) in [7, 11) is 0. The maximum Gasteiger partial charge on any atom is 0.251 e. The van der Waals surface area contributed by atoms with Gasteiger partial charge >= 0.3 is 0 Å². The molecule has 1 amide bonds. The van der Waals surface area contributed by atoms with Crippen molar-refractivity contribution in [2.45, 2.75) is 26.5 Å². The van der Waals surface area contributed by atoms with Crippen molar-refractivity contribution in [3.8, 4) is 5.75 Å². The summed E-state index contributed by atoms with van der Waals surface area (Å²) in [4.78, 5) is 16.7. The highest BCUT2D eigenvalue weighted by Crippen LogP contribution is 2.27. The first-order chi connectivity index (χ1) is 13.0. The Morgan fingerprint density at radius 3 is 2.67 bits per heavy atom. The van der Waals surface area contributed by atoms with E-state index in [1.165, 1.54) is 5.56 Å². The number of aryl methyl sites for hydroxylation is 1. The molecule has 1 atom stereocenters. The molecule has 0 spiro atoms. The largest absolute Gasteiger partial charge is 0.483 e. The topological polar surface area (TPSA) is 51.2 Å². The average molecular weight is 425 g/mol. The number of carbonyl (C=O) groups excluding carboxylic acids is 1. The van der Waals surface area contributed by atoms with Crippen molar-refractivity contribution >= 4 is 21.8 Å². The summed E-state index contributed by atoms with van der Waals surface area (Å²) in [5.41, 5.74) is 3.81. The highest BCUT2D eigenvalue weighted by molar-refractivity contribution is 9.10. The van der Waals surface area contributed by atoms with Crippen molar-refractivity contribution in [3.05, 3.63) is 93.7 Å². The fourth-order valence-electron chi connectivity index (χ4n) is 2.64. The Kier molecular flexibility index (Phi) is 6.24. The van der Waals surface area contributed by atoms with Gasteiger partial charge in [-0.1, -0.05) is 42.0 Å². The monoisotopic (exact) mass is 424 g/mol. The Labute approximate surface area is 167 Å². The van der Waals surface area contributed by atoms with Crippen LogP contribution < -0.4 is 10.1 Å². The van der Waals surface area contributed by atoms with Crippen LogP contribution in [0.5, 0.6) is 5.75 Å². The molecule has 1 aromatic heterocycles. The highest BCUT2D eigenvalue weighted by atomic mass is 79.9. The van der Waals surface area contributed by atoms with Crippen molar-refractivity contribution in [2.75, 3.05) is 0 Å². The fourth-order valence-corrected chi connectivity index (χ4v) is 2.98. The minimum Gasteiger partial charge on any atom is -0.483 e. The Bertz CT molecular complexity index is 926. The van der Waals surface area contributed by atoms with Gasteiger partial charge in [-0.05, 0) is 65.2 Å². The van der Waals surface area contributed by atoms with E-state index in [1.54, 1.807) is 12.3 Å². The lowest BCUT2D eigenvalue weighted by Crippen LogP contribution is -2.23. The van der Waals surface area contributed by atoms with Gasteiger partial charge in [0.2, 0.25) is 0 Å². The highest BCUT2D eigenvalue weighted by Gasteiger charge is 2.13. The van der Waals surface area contributed by atoms with E-state index in [1.807, 2.05) is 68.4 Å². The molecule has 1 heterocycles. The third-order valence-electron chi connectivity index (χ3n) is 4.22. The molecule has 1 unspecified atom stereocenters. The average Bonchev–Trinajstić information content (AvgIpc) is 2.69. The molecule has 4 nitrogen and oxygen atoms in total. The van der Waals surface area contributed by atoms with E-state index in [9.17, 15) is 4.79 Å². The number of aromatic nitrogens is 1. The third-order valence-corrected chi connectivity index (χ3v) is 4.82. The molecular formula is C22H21BrN2O2. The van der Waals surface area contributed by atoms with Crippen LogP contribution in [0.3, 0.4) is 0 Å². The number of halogens is 1. The molecule has 2 aromatic carbocycles. The van der Waals surface area contributed by atoms with E-state index in [2.05, 4.69) is 26.2 Å². The molecule has 3 aromatic rings. The van der Waals surface area contributed by atoms with Crippen LogP contribution in [0.15, 0.2) is 71.5 Å². The Morgan fingerprint density at radius 1 is 1.15 bits per heavy atom. The number of hydrogen-bond acceptors (Lipinski definition) is 3. The molecule has 27 heavy (non-hydrogen) atoms. The lowest BCUT2D eigenvalue weighted by molar-refractivity contribution is 0.0950. The predicted molar refractivity (Wildman–Crippen MR) is 110 cm³/mol. The van der Waals surface area contributed by atoms with Gasteiger partial charge in [-0.15, -0.1) is 0 Å². The molecule has 3 rings (SSSR count). The number of carbonyl (C=O) groups is 1. The predicted octanol–water partition coefficient (Wildman–Crippen LogP) is 5.22. The first-order valence-electron chi connectivity index (χ1n) is 8.74. The second-order valence-corrected chi connectivity index (χ2v) is 7.10. The number of nitrogens with zero attached hydrogens (tertiary/aromatic N) is 1. The molecule has 138 valence electrons. The van der Waals surface area contributed by atoms with Crippen molar-refractivity contribution in [1.29, 1.82) is 0 Å². The summed E-state index contributed by atoms with van der Waals surface area (Å²) in [6.07, 6.45) is 1.48. The summed E-state index contributed by atoms with van der Waals surface area (Å²) in [6, 6.07) is 19.3. The second-order valence-electron chi connectivity index (χ2n) is 6.35. The van der Waals surface area contributed by atoms with Gasteiger partial charge in [0.05, 0.1) is 0 Å². The lowest BCUT2D eigenvalue weighted by Gasteiger charge is -2.16. The van der Waals surface area contributed by atoms with Crippen LogP contribution in [-0.2, 0) is 6.54 Å². The summed E-state index contributed by atoms with van der Waals surface area (Å²) < 4.78 is 6.62. The van der Waals surface area contributed by atoms with Gasteiger partial charge in [0.25, 0.3) is 5.91 Å². The zero-order valence-electron chi connectivity index (χ0n) is 15.3. The van der Waals surface area contributed by atoms with E-state index in [-0.39, 0.29) is 12.0 Å². The number of benzene rings is 2. The number of ether oxygens (including phenoxy) is 1. The minimum atomic E-state index is -0.213. The van der Waals surface area contributed by atoms with Crippen LogP contribution in [0.2, 0.25) is 0 Å². The molecule has 0 aliphatic carbocycles. The molecule has 0 aliphatic rings. The van der Waals surface area contributed by atoms with Crippen LogP contribution in [0.25, 0.3) is 0 Å². The quantitative estimate of drug-likeness (QED) is 0.551. The van der Waals surface area contributed by atoms with E-state index < -0.39 is 0 Å². The Morgan fingerprint density at radius 2 is 1.93 bits per heavy atom. The van der Waals surface area contributed by atoms with Crippen molar-refractivity contribution in [2.24, 2.45) is 0 Å². The summed E-state index contributed by atoms with van der Waals surface area (Å²) in [5.74, 6) is 0.561. The molecule has 0 saturated heterocycles. The van der Waals surface area contributed by atoms with Gasteiger partial charge in [0, 0.05) is 18.3 Å². The maximum atomic E-state index is 12.5. The molecule has 0 radical (unpaired) electrons. The van der Waals surface area contributed by atoms with Crippen molar-refractivity contribution < 1.29 is 9.53 Å². The van der Waals surface area contributed by atoms with Gasteiger partial charge in [-0.2, -0.15) is 0 Å². The lowest BCUT2D eigenvalue weighted by atomic mass is 10.1. The van der Waals surface area contributed by atoms with Crippen LogP contribution in [-0.4, -0.2) is 10.9 Å². The fraction of sp³-hybridized carbons (Fsp3) is 0.182. The van der Waals surface area contributed by atoms with Gasteiger partial charge in [0.15, 0.2) is 5.75 Å². The number of amides is 1. The first kappa shape index (κ1) is 19.1. The van der Waals surface area contributed by atoms with E-state index in [0.29, 0.717) is 22.5 Å². The van der Waals surface area contributed by atoms with E-state index >= 15 is 0 Å².